The van der Waals surface area contributed by atoms with E-state index in [1.54, 1.807) is 13.8 Å². The highest BCUT2D eigenvalue weighted by atomic mass is 16.6. The first-order valence-corrected chi connectivity index (χ1v) is 10.9. The second-order valence-corrected chi connectivity index (χ2v) is 10.6. The topological polar surface area (TPSA) is 70.2 Å². The molecule has 3 aliphatic heterocycles. The van der Waals surface area contributed by atoms with Crippen LogP contribution in [-0.2, 0) is 19.1 Å². The van der Waals surface area contributed by atoms with Crippen LogP contribution in [0.25, 0.3) is 0 Å². The van der Waals surface area contributed by atoms with Crippen LogP contribution < -0.4 is 0 Å². The summed E-state index contributed by atoms with van der Waals surface area (Å²) in [7, 11) is 2.03. The standard InChI is InChI=1S/C22H37N3O4/c1-21(2,3)29-20(28)22(4,5)12-18(26)24-13-16-11-15(24)14-25(16)19(27)17-9-7-8-10-23(17)6/h15-17H,7-14H2,1-6H3/t15-,16-,17-/m0/s1. The van der Waals surface area contributed by atoms with Gasteiger partial charge in [-0.1, -0.05) is 6.42 Å². The van der Waals surface area contributed by atoms with E-state index in [9.17, 15) is 14.4 Å². The van der Waals surface area contributed by atoms with Gasteiger partial charge in [0, 0.05) is 19.5 Å². The van der Waals surface area contributed by atoms with Crippen molar-refractivity contribution in [2.45, 2.75) is 90.4 Å². The molecule has 0 aromatic rings. The molecule has 0 aromatic heterocycles. The van der Waals surface area contributed by atoms with Crippen molar-refractivity contribution in [3.05, 3.63) is 0 Å². The molecule has 29 heavy (non-hydrogen) atoms. The lowest BCUT2D eigenvalue weighted by atomic mass is 9.88. The van der Waals surface area contributed by atoms with E-state index in [1.165, 1.54) is 0 Å². The minimum Gasteiger partial charge on any atom is -0.460 e. The summed E-state index contributed by atoms with van der Waals surface area (Å²) in [6.45, 7) is 11.2. The molecule has 3 aliphatic rings. The highest BCUT2D eigenvalue weighted by molar-refractivity contribution is 5.87. The summed E-state index contributed by atoms with van der Waals surface area (Å²) in [4.78, 5) is 44.5. The molecule has 7 nitrogen and oxygen atoms in total. The van der Waals surface area contributed by atoms with Gasteiger partial charge in [0.1, 0.15) is 5.60 Å². The van der Waals surface area contributed by atoms with Gasteiger partial charge >= 0.3 is 5.97 Å². The first kappa shape index (κ1) is 22.1. The molecule has 0 aromatic carbocycles. The van der Waals surface area contributed by atoms with E-state index < -0.39 is 11.0 Å². The van der Waals surface area contributed by atoms with Gasteiger partial charge in [0.05, 0.1) is 23.5 Å². The normalized spacial score (nSPS) is 28.0. The van der Waals surface area contributed by atoms with Crippen LogP contribution in [0.15, 0.2) is 0 Å². The Morgan fingerprint density at radius 3 is 2.14 bits per heavy atom. The number of hydrogen-bond acceptors (Lipinski definition) is 5. The fraction of sp³-hybridized carbons (Fsp3) is 0.864. The number of hydrogen-bond donors (Lipinski definition) is 0. The Labute approximate surface area is 174 Å². The van der Waals surface area contributed by atoms with E-state index in [-0.39, 0.29) is 42.3 Å². The van der Waals surface area contributed by atoms with Crippen LogP contribution in [0, 0.1) is 5.41 Å². The lowest BCUT2D eigenvalue weighted by Crippen LogP contribution is -2.56. The molecule has 0 N–H and O–H groups in total. The average molecular weight is 408 g/mol. The molecular formula is C22H37N3O4. The fourth-order valence-electron chi connectivity index (χ4n) is 4.79. The Morgan fingerprint density at radius 1 is 0.966 bits per heavy atom. The van der Waals surface area contributed by atoms with Crippen molar-refractivity contribution < 1.29 is 19.1 Å². The Kier molecular flexibility index (Phi) is 6.01. The van der Waals surface area contributed by atoms with Crippen LogP contribution in [-0.4, -0.2) is 82.9 Å². The largest absolute Gasteiger partial charge is 0.460 e. The zero-order valence-corrected chi connectivity index (χ0v) is 18.9. The molecule has 0 aliphatic carbocycles. The second kappa shape index (κ2) is 7.89. The third-order valence-electron chi connectivity index (χ3n) is 6.44. The third kappa shape index (κ3) is 4.76. The number of carbonyl (C=O) groups is 3. The number of esters is 1. The summed E-state index contributed by atoms with van der Waals surface area (Å²) in [5.41, 5.74) is -1.44. The van der Waals surface area contributed by atoms with Crippen LogP contribution in [0.4, 0.5) is 0 Å². The van der Waals surface area contributed by atoms with Crippen molar-refractivity contribution in [3.8, 4) is 0 Å². The molecule has 3 rings (SSSR count). The lowest BCUT2D eigenvalue weighted by Gasteiger charge is -2.40. The molecule has 2 amide bonds. The maximum absolute atomic E-state index is 13.0. The van der Waals surface area contributed by atoms with Crippen LogP contribution in [0.3, 0.4) is 0 Å². The Bertz CT molecular complexity index is 669. The number of rotatable bonds is 4. The highest BCUT2D eigenvalue weighted by Crippen LogP contribution is 2.35. The number of likely N-dealkylation sites (N-methyl/N-ethyl adjacent to an activating group) is 1. The van der Waals surface area contributed by atoms with Gasteiger partial charge in [0.25, 0.3) is 0 Å². The molecule has 3 heterocycles. The molecule has 0 saturated carbocycles. The zero-order chi connectivity index (χ0) is 21.6. The smallest absolute Gasteiger partial charge is 0.312 e. The van der Waals surface area contributed by atoms with Gasteiger partial charge in [-0.05, 0) is 67.5 Å². The van der Waals surface area contributed by atoms with Crippen molar-refractivity contribution >= 4 is 17.8 Å². The third-order valence-corrected chi connectivity index (χ3v) is 6.44. The number of piperazine rings is 1. The minimum absolute atomic E-state index is 0.0154. The number of carbonyl (C=O) groups excluding carboxylic acids is 3. The summed E-state index contributed by atoms with van der Waals surface area (Å²) in [6.07, 6.45) is 4.16. The van der Waals surface area contributed by atoms with E-state index in [0.717, 1.165) is 32.2 Å². The van der Waals surface area contributed by atoms with E-state index in [0.29, 0.717) is 13.1 Å². The number of ether oxygens (including phenoxy) is 1. The van der Waals surface area contributed by atoms with Gasteiger partial charge in [-0.25, -0.2) is 0 Å². The van der Waals surface area contributed by atoms with E-state index in [1.807, 2.05) is 37.6 Å². The van der Waals surface area contributed by atoms with Crippen molar-refractivity contribution in [2.24, 2.45) is 5.41 Å². The number of likely N-dealkylation sites (tertiary alicyclic amines) is 3. The quantitative estimate of drug-likeness (QED) is 0.667. The number of nitrogens with zero attached hydrogens (tertiary/aromatic N) is 3. The summed E-state index contributed by atoms with van der Waals surface area (Å²) in [5, 5.41) is 0. The molecular weight excluding hydrogens is 370 g/mol. The SMILES string of the molecule is CN1CCCC[C@H]1C(=O)N1C[C@@H]2C[C@H]1CN2C(=O)CC(C)(C)C(=O)OC(C)(C)C. The first-order chi connectivity index (χ1) is 13.4. The van der Waals surface area contributed by atoms with Crippen molar-refractivity contribution in [1.29, 1.82) is 0 Å². The van der Waals surface area contributed by atoms with Crippen molar-refractivity contribution in [1.82, 2.24) is 14.7 Å². The summed E-state index contributed by atoms with van der Waals surface area (Å²) < 4.78 is 5.49. The molecule has 164 valence electrons. The fourth-order valence-corrected chi connectivity index (χ4v) is 4.79. The van der Waals surface area contributed by atoms with Crippen LogP contribution >= 0.6 is 0 Å². The van der Waals surface area contributed by atoms with Gasteiger partial charge in [0.2, 0.25) is 11.8 Å². The van der Waals surface area contributed by atoms with Crippen LogP contribution in [0.2, 0.25) is 0 Å². The predicted octanol–water partition coefficient (Wildman–Crippen LogP) is 2.04. The van der Waals surface area contributed by atoms with E-state index in [2.05, 4.69) is 4.90 Å². The molecule has 3 atom stereocenters. The molecule has 2 bridgehead atoms. The summed E-state index contributed by atoms with van der Waals surface area (Å²) in [5.74, 6) is -0.143. The lowest BCUT2D eigenvalue weighted by molar-refractivity contribution is -0.168. The van der Waals surface area contributed by atoms with Gasteiger partial charge in [-0.15, -0.1) is 0 Å². The van der Waals surface area contributed by atoms with Gasteiger partial charge in [-0.2, -0.15) is 0 Å². The maximum Gasteiger partial charge on any atom is 0.312 e. The predicted molar refractivity (Wildman–Crippen MR) is 110 cm³/mol. The molecule has 3 saturated heterocycles. The highest BCUT2D eigenvalue weighted by Gasteiger charge is 2.49. The van der Waals surface area contributed by atoms with Gasteiger partial charge in [-0.3, -0.25) is 19.3 Å². The first-order valence-electron chi connectivity index (χ1n) is 10.9. The van der Waals surface area contributed by atoms with E-state index >= 15 is 0 Å². The Hall–Kier alpha value is -1.63. The molecule has 0 spiro atoms. The van der Waals surface area contributed by atoms with E-state index in [4.69, 9.17) is 4.74 Å². The minimum atomic E-state index is -0.869. The number of fused-ring (bicyclic) bond motifs is 2. The van der Waals surface area contributed by atoms with Crippen LogP contribution in [0.5, 0.6) is 0 Å². The average Bonchev–Trinajstić information content (AvgIpc) is 3.20. The molecule has 3 fully saturated rings. The summed E-state index contributed by atoms with van der Waals surface area (Å²) in [6, 6.07) is 0.162. The molecule has 0 radical (unpaired) electrons. The van der Waals surface area contributed by atoms with Crippen LogP contribution in [0.1, 0.15) is 66.7 Å². The van der Waals surface area contributed by atoms with Gasteiger partial charge in [0.15, 0.2) is 0 Å². The monoisotopic (exact) mass is 407 g/mol. The van der Waals surface area contributed by atoms with Crippen molar-refractivity contribution in [3.63, 3.8) is 0 Å². The van der Waals surface area contributed by atoms with Crippen molar-refractivity contribution in [2.75, 3.05) is 26.7 Å². The molecule has 7 heteroatoms. The molecule has 0 unspecified atom stereocenters. The number of piperidine rings is 1. The Balaban J connectivity index is 1.57. The zero-order valence-electron chi connectivity index (χ0n) is 18.9. The Morgan fingerprint density at radius 2 is 1.59 bits per heavy atom. The maximum atomic E-state index is 13.0. The summed E-state index contributed by atoms with van der Waals surface area (Å²) >= 11 is 0. The second-order valence-electron chi connectivity index (χ2n) is 10.6. The number of amides is 2. The van der Waals surface area contributed by atoms with Gasteiger partial charge < -0.3 is 14.5 Å².